The maximum Gasteiger partial charge on any atom is 0.211 e. The van der Waals surface area contributed by atoms with Crippen molar-refractivity contribution >= 4 is 12.2 Å². The SMILES string of the molecule is C[C@]12CC[C@H](c3ccccc3)C[C@@]1(O)CC[C@@H]2/C=C/C=N/N=C(N)N. The largest absolute Gasteiger partial charge is 0.389 e. The Bertz CT molecular complexity index is 680. The van der Waals surface area contributed by atoms with Gasteiger partial charge in [-0.1, -0.05) is 43.3 Å². The summed E-state index contributed by atoms with van der Waals surface area (Å²) in [6.45, 7) is 2.24. The van der Waals surface area contributed by atoms with E-state index in [1.807, 2.05) is 12.1 Å². The smallest absolute Gasteiger partial charge is 0.211 e. The van der Waals surface area contributed by atoms with Crippen molar-refractivity contribution in [1.82, 2.24) is 0 Å². The van der Waals surface area contributed by atoms with E-state index in [2.05, 4.69) is 47.5 Å². The Kier molecular flexibility index (Phi) is 4.95. The fourth-order valence-electron chi connectivity index (χ4n) is 4.72. The van der Waals surface area contributed by atoms with E-state index >= 15 is 0 Å². The summed E-state index contributed by atoms with van der Waals surface area (Å²) in [5.74, 6) is 0.747. The highest BCUT2D eigenvalue weighted by Gasteiger charge is 2.58. The Morgan fingerprint density at radius 2 is 1.96 bits per heavy atom. The van der Waals surface area contributed by atoms with Gasteiger partial charge < -0.3 is 16.6 Å². The lowest BCUT2D eigenvalue weighted by Crippen LogP contribution is -2.49. The van der Waals surface area contributed by atoms with Crippen LogP contribution in [-0.4, -0.2) is 22.9 Å². The molecule has 0 aliphatic heterocycles. The van der Waals surface area contributed by atoms with Gasteiger partial charge in [-0.05, 0) is 55.6 Å². The van der Waals surface area contributed by atoms with E-state index in [4.69, 9.17) is 11.5 Å². The van der Waals surface area contributed by atoms with Crippen LogP contribution >= 0.6 is 0 Å². The summed E-state index contributed by atoms with van der Waals surface area (Å²) in [6, 6.07) is 10.6. The van der Waals surface area contributed by atoms with Crippen LogP contribution in [0.15, 0.2) is 52.7 Å². The Hall–Kier alpha value is -2.14. The summed E-state index contributed by atoms with van der Waals surface area (Å²) in [4.78, 5) is 0. The predicted octanol–water partition coefficient (Wildman–Crippen LogP) is 2.92. The third-order valence-corrected chi connectivity index (χ3v) is 6.29. The molecule has 3 rings (SSSR count). The standard InChI is InChI=1S/C20H28N4O/c1-19-11-9-16(15-6-3-2-4-7-15)14-20(19,25)12-10-17(19)8-5-13-23-24-18(21)22/h2-8,13,16-17,25H,9-12,14H2,1H3,(H4,21,22,24)/b8-5+,23-13+/t16-,17-,19+,20-/m0/s1. The zero-order valence-electron chi connectivity index (χ0n) is 14.8. The average molecular weight is 340 g/mol. The quantitative estimate of drug-likeness (QED) is 0.446. The van der Waals surface area contributed by atoms with Crippen molar-refractivity contribution in [2.75, 3.05) is 0 Å². The summed E-state index contributed by atoms with van der Waals surface area (Å²) >= 11 is 0. The first-order valence-corrected chi connectivity index (χ1v) is 9.01. The minimum absolute atomic E-state index is 0.0499. The van der Waals surface area contributed by atoms with Gasteiger partial charge in [0.2, 0.25) is 5.96 Å². The molecule has 4 atom stereocenters. The van der Waals surface area contributed by atoms with Crippen LogP contribution in [0.5, 0.6) is 0 Å². The van der Waals surface area contributed by atoms with Crippen LogP contribution in [0.4, 0.5) is 0 Å². The van der Waals surface area contributed by atoms with E-state index in [0.29, 0.717) is 11.8 Å². The molecule has 2 saturated carbocycles. The number of nitrogens with zero attached hydrogens (tertiary/aromatic N) is 2. The number of aliphatic hydroxyl groups is 1. The van der Waals surface area contributed by atoms with E-state index in [1.54, 1.807) is 6.21 Å². The van der Waals surface area contributed by atoms with E-state index in [9.17, 15) is 5.11 Å². The zero-order chi connectivity index (χ0) is 17.9. The molecule has 5 heteroatoms. The monoisotopic (exact) mass is 340 g/mol. The van der Waals surface area contributed by atoms with Gasteiger partial charge in [-0.2, -0.15) is 5.10 Å². The second kappa shape index (κ2) is 7.00. The van der Waals surface area contributed by atoms with Crippen molar-refractivity contribution < 1.29 is 5.11 Å². The van der Waals surface area contributed by atoms with Crippen LogP contribution in [0.2, 0.25) is 0 Å². The highest BCUT2D eigenvalue weighted by atomic mass is 16.3. The number of hydrogen-bond acceptors (Lipinski definition) is 3. The van der Waals surface area contributed by atoms with Crippen molar-refractivity contribution in [3.8, 4) is 0 Å². The predicted molar refractivity (Wildman–Crippen MR) is 102 cm³/mol. The average Bonchev–Trinajstić information content (AvgIpc) is 2.86. The third-order valence-electron chi connectivity index (χ3n) is 6.29. The molecule has 2 fully saturated rings. The zero-order valence-corrected chi connectivity index (χ0v) is 14.8. The molecule has 0 heterocycles. The fourth-order valence-corrected chi connectivity index (χ4v) is 4.72. The van der Waals surface area contributed by atoms with Crippen LogP contribution in [-0.2, 0) is 0 Å². The fraction of sp³-hybridized carbons (Fsp3) is 0.500. The maximum atomic E-state index is 11.4. The van der Waals surface area contributed by atoms with Gasteiger partial charge in [-0.3, -0.25) is 0 Å². The summed E-state index contributed by atoms with van der Waals surface area (Å²) in [5, 5.41) is 18.8. The summed E-state index contributed by atoms with van der Waals surface area (Å²) in [6.07, 6.45) is 10.5. The van der Waals surface area contributed by atoms with E-state index < -0.39 is 5.60 Å². The first-order valence-electron chi connectivity index (χ1n) is 9.01. The highest BCUT2D eigenvalue weighted by Crippen LogP contribution is 2.60. The first kappa shape index (κ1) is 17.7. The molecular formula is C20H28N4O. The number of allylic oxidation sites excluding steroid dienone is 2. The third kappa shape index (κ3) is 3.47. The van der Waals surface area contributed by atoms with Crippen LogP contribution in [0.3, 0.4) is 0 Å². The van der Waals surface area contributed by atoms with E-state index in [1.165, 1.54) is 5.56 Å². The van der Waals surface area contributed by atoms with Crippen LogP contribution < -0.4 is 11.5 Å². The van der Waals surface area contributed by atoms with Crippen LogP contribution in [0.25, 0.3) is 0 Å². The number of guanidine groups is 1. The Labute approximate surface area is 149 Å². The van der Waals surface area contributed by atoms with Crippen molar-refractivity contribution in [1.29, 1.82) is 0 Å². The molecule has 0 amide bonds. The molecule has 5 nitrogen and oxygen atoms in total. The van der Waals surface area contributed by atoms with Gasteiger partial charge in [0.25, 0.3) is 0 Å². The van der Waals surface area contributed by atoms with Crippen molar-refractivity contribution in [2.24, 2.45) is 33.0 Å². The van der Waals surface area contributed by atoms with Crippen molar-refractivity contribution in [3.05, 3.63) is 48.0 Å². The lowest BCUT2D eigenvalue weighted by Gasteiger charge is -2.49. The van der Waals surface area contributed by atoms with Gasteiger partial charge >= 0.3 is 0 Å². The van der Waals surface area contributed by atoms with E-state index in [0.717, 1.165) is 32.1 Å². The minimum Gasteiger partial charge on any atom is -0.389 e. The Morgan fingerprint density at radius 3 is 2.68 bits per heavy atom. The highest BCUT2D eigenvalue weighted by molar-refractivity contribution is 5.77. The number of nitrogens with two attached hydrogens (primary N) is 2. The minimum atomic E-state index is -0.599. The summed E-state index contributed by atoms with van der Waals surface area (Å²) < 4.78 is 0. The lowest BCUT2D eigenvalue weighted by molar-refractivity contribution is -0.0984. The topological polar surface area (TPSA) is 97.0 Å². The number of hydrogen-bond donors (Lipinski definition) is 3. The Morgan fingerprint density at radius 1 is 1.20 bits per heavy atom. The van der Waals surface area contributed by atoms with Gasteiger partial charge in [0, 0.05) is 11.6 Å². The molecule has 2 aliphatic rings. The summed E-state index contributed by atoms with van der Waals surface area (Å²) in [7, 11) is 0. The number of fused-ring (bicyclic) bond motifs is 1. The molecule has 1 aromatic carbocycles. The van der Waals surface area contributed by atoms with Crippen LogP contribution in [0.1, 0.15) is 50.5 Å². The molecule has 5 N–H and O–H groups in total. The lowest BCUT2D eigenvalue weighted by atomic mass is 9.59. The maximum absolute atomic E-state index is 11.4. The van der Waals surface area contributed by atoms with Gasteiger partial charge in [0.05, 0.1) is 5.60 Å². The van der Waals surface area contributed by atoms with Gasteiger partial charge in [-0.25, -0.2) is 0 Å². The molecule has 134 valence electrons. The summed E-state index contributed by atoms with van der Waals surface area (Å²) in [5.41, 5.74) is 11.1. The molecule has 0 saturated heterocycles. The second-order valence-electron chi connectivity index (χ2n) is 7.62. The first-order chi connectivity index (χ1) is 11.9. The molecule has 1 aromatic rings. The van der Waals surface area contributed by atoms with Gasteiger partial charge in [-0.15, -0.1) is 5.10 Å². The number of rotatable bonds is 4. The molecule has 0 radical (unpaired) electrons. The molecule has 0 bridgehead atoms. The molecule has 0 unspecified atom stereocenters. The normalized spacial score (nSPS) is 35.1. The molecule has 2 aliphatic carbocycles. The van der Waals surface area contributed by atoms with Crippen molar-refractivity contribution in [2.45, 2.75) is 50.5 Å². The Balaban J connectivity index is 1.71. The van der Waals surface area contributed by atoms with Gasteiger partial charge in [0.15, 0.2) is 0 Å². The molecule has 0 aromatic heterocycles. The van der Waals surface area contributed by atoms with Crippen molar-refractivity contribution in [3.63, 3.8) is 0 Å². The molecule has 0 spiro atoms. The number of benzene rings is 1. The van der Waals surface area contributed by atoms with Crippen LogP contribution in [0, 0.1) is 11.3 Å². The van der Waals surface area contributed by atoms with Gasteiger partial charge in [0.1, 0.15) is 0 Å². The second-order valence-corrected chi connectivity index (χ2v) is 7.62. The molecule has 25 heavy (non-hydrogen) atoms. The molecular weight excluding hydrogens is 312 g/mol. The van der Waals surface area contributed by atoms with E-state index in [-0.39, 0.29) is 11.4 Å².